The van der Waals surface area contributed by atoms with Gasteiger partial charge in [0.15, 0.2) is 0 Å². The van der Waals surface area contributed by atoms with Gasteiger partial charge in [0, 0.05) is 30.4 Å². The summed E-state index contributed by atoms with van der Waals surface area (Å²) in [7, 11) is 0. The molecule has 2 rings (SSSR count). The van der Waals surface area contributed by atoms with E-state index in [2.05, 4.69) is 28.9 Å². The van der Waals surface area contributed by atoms with E-state index in [-0.39, 0.29) is 0 Å². The molecule has 0 aromatic carbocycles. The first kappa shape index (κ1) is 14.6. The lowest BCUT2D eigenvalue weighted by atomic mass is 10.1. The van der Waals surface area contributed by atoms with Crippen LogP contribution in [0.2, 0.25) is 0 Å². The van der Waals surface area contributed by atoms with Crippen molar-refractivity contribution in [2.24, 2.45) is 0 Å². The summed E-state index contributed by atoms with van der Waals surface area (Å²) >= 11 is 0. The van der Waals surface area contributed by atoms with Gasteiger partial charge in [0.05, 0.1) is 6.20 Å². The fourth-order valence-corrected chi connectivity index (χ4v) is 2.47. The molecule has 1 N–H and O–H groups in total. The maximum absolute atomic E-state index is 4.52. The SMILES string of the molecule is CCCCCCCCn1ncc(CNC2CC2)c1C. The Balaban J connectivity index is 1.65. The fourth-order valence-electron chi connectivity index (χ4n) is 2.47. The molecule has 3 nitrogen and oxygen atoms in total. The number of unbranched alkanes of at least 4 members (excludes halogenated alkanes) is 5. The van der Waals surface area contributed by atoms with Crippen LogP contribution in [0.3, 0.4) is 0 Å². The largest absolute Gasteiger partial charge is 0.310 e. The number of nitrogens with one attached hydrogen (secondary N) is 1. The van der Waals surface area contributed by atoms with E-state index in [1.807, 2.05) is 6.20 Å². The number of nitrogens with zero attached hydrogens (tertiary/aromatic N) is 2. The average Bonchev–Trinajstić information content (AvgIpc) is 3.18. The third kappa shape index (κ3) is 4.98. The first-order chi connectivity index (χ1) is 9.31. The van der Waals surface area contributed by atoms with Crippen molar-refractivity contribution in [1.82, 2.24) is 15.1 Å². The van der Waals surface area contributed by atoms with Gasteiger partial charge in [-0.05, 0) is 26.2 Å². The van der Waals surface area contributed by atoms with Crippen LogP contribution in [0, 0.1) is 6.92 Å². The van der Waals surface area contributed by atoms with E-state index < -0.39 is 0 Å². The van der Waals surface area contributed by atoms with E-state index in [4.69, 9.17) is 0 Å². The highest BCUT2D eigenvalue weighted by Crippen LogP contribution is 2.20. The molecule has 0 radical (unpaired) electrons. The molecule has 0 aliphatic heterocycles. The number of rotatable bonds is 10. The Bertz CT molecular complexity index is 366. The second-order valence-electron chi connectivity index (χ2n) is 5.90. The number of aromatic nitrogens is 2. The van der Waals surface area contributed by atoms with E-state index in [9.17, 15) is 0 Å². The van der Waals surface area contributed by atoms with Crippen molar-refractivity contribution in [2.45, 2.75) is 84.3 Å². The standard InChI is InChI=1S/C16H29N3/c1-3-4-5-6-7-8-11-19-14(2)15(13-18-19)12-17-16-9-10-16/h13,16-17H,3-12H2,1-2H3. The molecule has 1 saturated carbocycles. The van der Waals surface area contributed by atoms with Crippen LogP contribution >= 0.6 is 0 Å². The van der Waals surface area contributed by atoms with E-state index >= 15 is 0 Å². The van der Waals surface area contributed by atoms with Crippen LogP contribution in [0.4, 0.5) is 0 Å². The summed E-state index contributed by atoms with van der Waals surface area (Å²) in [6.45, 7) is 6.55. The second-order valence-corrected chi connectivity index (χ2v) is 5.90. The highest BCUT2D eigenvalue weighted by atomic mass is 15.3. The van der Waals surface area contributed by atoms with Gasteiger partial charge in [-0.1, -0.05) is 39.0 Å². The minimum atomic E-state index is 0.779. The number of hydrogen-bond acceptors (Lipinski definition) is 2. The highest BCUT2D eigenvalue weighted by Gasteiger charge is 2.20. The smallest absolute Gasteiger partial charge is 0.0537 e. The van der Waals surface area contributed by atoms with Gasteiger partial charge in [-0.2, -0.15) is 5.10 Å². The Morgan fingerprint density at radius 1 is 1.21 bits per heavy atom. The van der Waals surface area contributed by atoms with Gasteiger partial charge in [-0.25, -0.2) is 0 Å². The van der Waals surface area contributed by atoms with Crippen LogP contribution in [0.25, 0.3) is 0 Å². The highest BCUT2D eigenvalue weighted by molar-refractivity contribution is 5.16. The molecule has 1 aliphatic carbocycles. The van der Waals surface area contributed by atoms with Crippen molar-refractivity contribution in [3.63, 3.8) is 0 Å². The zero-order valence-electron chi connectivity index (χ0n) is 12.6. The van der Waals surface area contributed by atoms with Crippen molar-refractivity contribution in [1.29, 1.82) is 0 Å². The van der Waals surface area contributed by atoms with Crippen LogP contribution in [0.15, 0.2) is 6.20 Å². The van der Waals surface area contributed by atoms with E-state index in [1.54, 1.807) is 0 Å². The average molecular weight is 263 g/mol. The Kier molecular flexibility index (Phi) is 5.90. The number of aryl methyl sites for hydroxylation is 1. The predicted octanol–water partition coefficient (Wildman–Crippen LogP) is 3.80. The summed E-state index contributed by atoms with van der Waals surface area (Å²) in [5, 5.41) is 8.09. The first-order valence-electron chi connectivity index (χ1n) is 8.06. The maximum atomic E-state index is 4.52. The summed E-state index contributed by atoms with van der Waals surface area (Å²) in [4.78, 5) is 0. The molecular formula is C16H29N3. The molecule has 1 fully saturated rings. The van der Waals surface area contributed by atoms with Crippen molar-refractivity contribution in [3.05, 3.63) is 17.5 Å². The lowest BCUT2D eigenvalue weighted by Crippen LogP contribution is -2.15. The quantitative estimate of drug-likeness (QED) is 0.651. The molecule has 0 unspecified atom stereocenters. The molecule has 1 aliphatic rings. The van der Waals surface area contributed by atoms with Gasteiger partial charge >= 0.3 is 0 Å². The van der Waals surface area contributed by atoms with Crippen molar-refractivity contribution >= 4 is 0 Å². The van der Waals surface area contributed by atoms with Gasteiger partial charge in [0.25, 0.3) is 0 Å². The van der Waals surface area contributed by atoms with Gasteiger partial charge in [0.1, 0.15) is 0 Å². The van der Waals surface area contributed by atoms with Crippen LogP contribution < -0.4 is 5.32 Å². The van der Waals surface area contributed by atoms with Crippen LogP contribution in [0.5, 0.6) is 0 Å². The first-order valence-corrected chi connectivity index (χ1v) is 8.06. The van der Waals surface area contributed by atoms with Crippen molar-refractivity contribution < 1.29 is 0 Å². The molecule has 0 saturated heterocycles. The zero-order valence-corrected chi connectivity index (χ0v) is 12.6. The third-order valence-corrected chi connectivity index (χ3v) is 4.09. The van der Waals surface area contributed by atoms with Gasteiger partial charge < -0.3 is 5.32 Å². The van der Waals surface area contributed by atoms with Crippen molar-refractivity contribution in [2.75, 3.05) is 0 Å². The summed E-state index contributed by atoms with van der Waals surface area (Å²) in [6.07, 6.45) is 12.8. The van der Waals surface area contributed by atoms with Crippen molar-refractivity contribution in [3.8, 4) is 0 Å². The third-order valence-electron chi connectivity index (χ3n) is 4.09. The molecule has 0 bridgehead atoms. The van der Waals surface area contributed by atoms with E-state index in [1.165, 1.54) is 62.6 Å². The molecule has 1 aromatic heterocycles. The molecule has 3 heteroatoms. The van der Waals surface area contributed by atoms with Gasteiger partial charge in [0.2, 0.25) is 0 Å². The topological polar surface area (TPSA) is 29.9 Å². The normalized spacial score (nSPS) is 15.1. The molecule has 0 spiro atoms. The summed E-state index contributed by atoms with van der Waals surface area (Å²) in [6, 6.07) is 0.779. The second kappa shape index (κ2) is 7.68. The Hall–Kier alpha value is -0.830. The van der Waals surface area contributed by atoms with Gasteiger partial charge in [-0.15, -0.1) is 0 Å². The summed E-state index contributed by atoms with van der Waals surface area (Å²) < 4.78 is 2.18. The molecular weight excluding hydrogens is 234 g/mol. The lowest BCUT2D eigenvalue weighted by molar-refractivity contribution is 0.519. The zero-order chi connectivity index (χ0) is 13.5. The summed E-state index contributed by atoms with van der Waals surface area (Å²) in [5.74, 6) is 0. The fraction of sp³-hybridized carbons (Fsp3) is 0.812. The molecule has 0 atom stereocenters. The minimum absolute atomic E-state index is 0.779. The molecule has 1 heterocycles. The lowest BCUT2D eigenvalue weighted by Gasteiger charge is -2.06. The van der Waals surface area contributed by atoms with Crippen LogP contribution in [-0.4, -0.2) is 15.8 Å². The molecule has 0 amide bonds. The number of hydrogen-bond donors (Lipinski definition) is 1. The molecule has 1 aromatic rings. The Morgan fingerprint density at radius 3 is 2.68 bits per heavy atom. The maximum Gasteiger partial charge on any atom is 0.0537 e. The minimum Gasteiger partial charge on any atom is -0.310 e. The van der Waals surface area contributed by atoms with Crippen LogP contribution in [-0.2, 0) is 13.1 Å². The predicted molar refractivity (Wildman–Crippen MR) is 80.2 cm³/mol. The summed E-state index contributed by atoms with van der Waals surface area (Å²) in [5.41, 5.74) is 2.72. The Labute approximate surface area is 117 Å². The monoisotopic (exact) mass is 263 g/mol. The van der Waals surface area contributed by atoms with E-state index in [0.717, 1.165) is 19.1 Å². The molecule has 108 valence electrons. The van der Waals surface area contributed by atoms with Crippen LogP contribution in [0.1, 0.15) is 69.5 Å². The van der Waals surface area contributed by atoms with Gasteiger partial charge in [-0.3, -0.25) is 4.68 Å². The van der Waals surface area contributed by atoms with E-state index in [0.29, 0.717) is 0 Å². The Morgan fingerprint density at radius 2 is 1.95 bits per heavy atom. The molecule has 19 heavy (non-hydrogen) atoms.